The lowest BCUT2D eigenvalue weighted by Crippen LogP contribution is -1.98. The van der Waals surface area contributed by atoms with E-state index < -0.39 is 0 Å². The Morgan fingerprint density at radius 2 is 2.21 bits per heavy atom. The van der Waals surface area contributed by atoms with Crippen molar-refractivity contribution in [2.45, 2.75) is 13.5 Å². The number of benzene rings is 1. The van der Waals surface area contributed by atoms with Crippen LogP contribution in [0.25, 0.3) is 10.9 Å². The maximum Gasteiger partial charge on any atom is 0.149 e. The molecule has 0 bridgehead atoms. The van der Waals surface area contributed by atoms with E-state index in [0.29, 0.717) is 12.1 Å². The number of aryl methyl sites for hydroxylation is 2. The van der Waals surface area contributed by atoms with E-state index in [-0.39, 0.29) is 5.82 Å². The zero-order chi connectivity index (χ0) is 10.3. The Hall–Kier alpha value is -1.42. The maximum atomic E-state index is 13.6. The summed E-state index contributed by atoms with van der Waals surface area (Å²) in [4.78, 5) is 0. The molecule has 1 aromatic carbocycles. The molecule has 0 amide bonds. The highest BCUT2D eigenvalue weighted by atomic mass is 19.1. The molecule has 3 nitrogen and oxygen atoms in total. The van der Waals surface area contributed by atoms with Crippen molar-refractivity contribution in [2.75, 3.05) is 0 Å². The summed E-state index contributed by atoms with van der Waals surface area (Å²) in [6.45, 7) is 2.21. The van der Waals surface area contributed by atoms with Crippen molar-refractivity contribution in [2.24, 2.45) is 12.8 Å². The van der Waals surface area contributed by atoms with Crippen LogP contribution in [-0.2, 0) is 13.6 Å². The number of nitrogens with zero attached hydrogens (tertiary/aromatic N) is 2. The van der Waals surface area contributed by atoms with Gasteiger partial charge in [0.15, 0.2) is 0 Å². The van der Waals surface area contributed by atoms with Crippen LogP contribution in [0.3, 0.4) is 0 Å². The summed E-state index contributed by atoms with van der Waals surface area (Å²) in [7, 11) is 1.74. The van der Waals surface area contributed by atoms with E-state index in [1.54, 1.807) is 11.7 Å². The molecular formula is C10H12FN3. The fourth-order valence-corrected chi connectivity index (χ4v) is 1.71. The van der Waals surface area contributed by atoms with Gasteiger partial charge in [-0.2, -0.15) is 5.10 Å². The Labute approximate surface area is 81.3 Å². The number of hydrogen-bond acceptors (Lipinski definition) is 2. The number of fused-ring (bicyclic) bond motifs is 1. The van der Waals surface area contributed by atoms with Crippen molar-refractivity contribution in [3.05, 3.63) is 29.2 Å². The van der Waals surface area contributed by atoms with Crippen LogP contribution in [-0.4, -0.2) is 9.78 Å². The predicted octanol–water partition coefficient (Wildman–Crippen LogP) is 1.48. The van der Waals surface area contributed by atoms with Crippen molar-refractivity contribution >= 4 is 10.9 Å². The van der Waals surface area contributed by atoms with E-state index in [4.69, 9.17) is 5.73 Å². The molecule has 0 unspecified atom stereocenters. The second kappa shape index (κ2) is 3.06. The van der Waals surface area contributed by atoms with Crippen molar-refractivity contribution < 1.29 is 4.39 Å². The molecule has 0 fully saturated rings. The lowest BCUT2D eigenvalue weighted by atomic mass is 10.1. The highest BCUT2D eigenvalue weighted by molar-refractivity contribution is 5.83. The maximum absolute atomic E-state index is 13.6. The molecule has 0 aliphatic carbocycles. The number of hydrogen-bond donors (Lipinski definition) is 1. The van der Waals surface area contributed by atoms with Crippen LogP contribution in [0, 0.1) is 12.7 Å². The zero-order valence-electron chi connectivity index (χ0n) is 8.21. The first kappa shape index (κ1) is 9.15. The average molecular weight is 193 g/mol. The molecule has 1 aromatic heterocycles. The first-order valence-electron chi connectivity index (χ1n) is 4.45. The Bertz CT molecular complexity index is 488. The Morgan fingerprint density at radius 3 is 2.86 bits per heavy atom. The standard InChI is InChI=1S/C10H12FN3/c1-6-8-3-7(5-12)4-9(11)10(8)14(2)13-6/h3-4H,5,12H2,1-2H3. The van der Waals surface area contributed by atoms with Crippen molar-refractivity contribution in [3.63, 3.8) is 0 Å². The highest BCUT2D eigenvalue weighted by Gasteiger charge is 2.10. The Balaban J connectivity index is 2.86. The fourth-order valence-electron chi connectivity index (χ4n) is 1.71. The topological polar surface area (TPSA) is 43.8 Å². The molecule has 0 saturated carbocycles. The van der Waals surface area contributed by atoms with Gasteiger partial charge in [0.25, 0.3) is 0 Å². The van der Waals surface area contributed by atoms with Crippen LogP contribution in [0.1, 0.15) is 11.3 Å². The molecule has 74 valence electrons. The van der Waals surface area contributed by atoms with Gasteiger partial charge in [0.1, 0.15) is 11.3 Å². The summed E-state index contributed by atoms with van der Waals surface area (Å²) in [6, 6.07) is 3.35. The van der Waals surface area contributed by atoms with Gasteiger partial charge in [-0.3, -0.25) is 4.68 Å². The van der Waals surface area contributed by atoms with Gasteiger partial charge in [-0.15, -0.1) is 0 Å². The first-order valence-corrected chi connectivity index (χ1v) is 4.45. The Kier molecular flexibility index (Phi) is 2.00. The third kappa shape index (κ3) is 1.19. The monoisotopic (exact) mass is 193 g/mol. The third-order valence-corrected chi connectivity index (χ3v) is 2.37. The molecule has 2 aromatic rings. The van der Waals surface area contributed by atoms with E-state index in [1.807, 2.05) is 13.0 Å². The summed E-state index contributed by atoms with van der Waals surface area (Å²) >= 11 is 0. The van der Waals surface area contributed by atoms with Gasteiger partial charge in [0, 0.05) is 19.0 Å². The van der Waals surface area contributed by atoms with Crippen LogP contribution >= 0.6 is 0 Å². The molecule has 14 heavy (non-hydrogen) atoms. The lowest BCUT2D eigenvalue weighted by Gasteiger charge is -2.00. The number of nitrogens with two attached hydrogens (primary N) is 1. The van der Waals surface area contributed by atoms with Gasteiger partial charge < -0.3 is 5.73 Å². The summed E-state index contributed by atoms with van der Waals surface area (Å²) in [5.41, 5.74) is 7.64. The SMILES string of the molecule is Cc1nn(C)c2c(F)cc(CN)cc12. The zero-order valence-corrected chi connectivity index (χ0v) is 8.21. The molecule has 0 radical (unpaired) electrons. The summed E-state index contributed by atoms with van der Waals surface area (Å²) in [5.74, 6) is -0.258. The van der Waals surface area contributed by atoms with Crippen LogP contribution in [0.15, 0.2) is 12.1 Å². The van der Waals surface area contributed by atoms with Crippen molar-refractivity contribution in [3.8, 4) is 0 Å². The van der Waals surface area contributed by atoms with Gasteiger partial charge in [-0.25, -0.2) is 4.39 Å². The molecule has 4 heteroatoms. The lowest BCUT2D eigenvalue weighted by molar-refractivity contribution is 0.623. The second-order valence-corrected chi connectivity index (χ2v) is 3.39. The largest absolute Gasteiger partial charge is 0.326 e. The van der Waals surface area contributed by atoms with Crippen LogP contribution in [0.4, 0.5) is 4.39 Å². The normalized spacial score (nSPS) is 11.1. The smallest absolute Gasteiger partial charge is 0.149 e. The van der Waals surface area contributed by atoms with Gasteiger partial charge in [0.05, 0.1) is 5.69 Å². The summed E-state index contributed by atoms with van der Waals surface area (Å²) in [6.07, 6.45) is 0. The fraction of sp³-hybridized carbons (Fsp3) is 0.300. The highest BCUT2D eigenvalue weighted by Crippen LogP contribution is 2.22. The molecule has 0 aliphatic heterocycles. The van der Waals surface area contributed by atoms with Crippen LogP contribution < -0.4 is 5.73 Å². The van der Waals surface area contributed by atoms with E-state index in [1.165, 1.54) is 6.07 Å². The first-order chi connectivity index (χ1) is 6.63. The number of aromatic nitrogens is 2. The minimum Gasteiger partial charge on any atom is -0.326 e. The molecule has 0 aliphatic rings. The molecule has 0 atom stereocenters. The van der Waals surface area contributed by atoms with Crippen LogP contribution in [0.5, 0.6) is 0 Å². The average Bonchev–Trinajstić information content (AvgIpc) is 2.42. The minimum absolute atomic E-state index is 0.258. The molecule has 2 N–H and O–H groups in total. The van der Waals surface area contributed by atoms with Crippen molar-refractivity contribution in [1.29, 1.82) is 0 Å². The van der Waals surface area contributed by atoms with Gasteiger partial charge in [-0.05, 0) is 24.6 Å². The molecule has 2 rings (SSSR count). The second-order valence-electron chi connectivity index (χ2n) is 3.39. The van der Waals surface area contributed by atoms with Crippen LogP contribution in [0.2, 0.25) is 0 Å². The van der Waals surface area contributed by atoms with Gasteiger partial charge in [-0.1, -0.05) is 0 Å². The van der Waals surface area contributed by atoms with E-state index in [2.05, 4.69) is 5.10 Å². The van der Waals surface area contributed by atoms with E-state index >= 15 is 0 Å². The molecule has 1 heterocycles. The number of halogens is 1. The van der Waals surface area contributed by atoms with E-state index in [9.17, 15) is 4.39 Å². The van der Waals surface area contributed by atoms with Gasteiger partial charge >= 0.3 is 0 Å². The van der Waals surface area contributed by atoms with Gasteiger partial charge in [0.2, 0.25) is 0 Å². The van der Waals surface area contributed by atoms with Crippen molar-refractivity contribution in [1.82, 2.24) is 9.78 Å². The predicted molar refractivity (Wildman–Crippen MR) is 53.3 cm³/mol. The molecular weight excluding hydrogens is 181 g/mol. The quantitative estimate of drug-likeness (QED) is 0.745. The molecule has 0 spiro atoms. The Morgan fingerprint density at radius 1 is 1.50 bits per heavy atom. The van der Waals surface area contributed by atoms with E-state index in [0.717, 1.165) is 16.6 Å². The minimum atomic E-state index is -0.258. The third-order valence-electron chi connectivity index (χ3n) is 2.37. The molecule has 0 saturated heterocycles. The number of rotatable bonds is 1. The summed E-state index contributed by atoms with van der Waals surface area (Å²) in [5, 5.41) is 5.00. The summed E-state index contributed by atoms with van der Waals surface area (Å²) < 4.78 is 15.1.